The second-order valence-electron chi connectivity index (χ2n) is 11.3. The predicted molar refractivity (Wildman–Crippen MR) is 158 cm³/mol. The summed E-state index contributed by atoms with van der Waals surface area (Å²) >= 11 is 0. The van der Waals surface area contributed by atoms with Gasteiger partial charge in [-0.3, -0.25) is 0 Å². The number of para-hydroxylation sites is 2. The van der Waals surface area contributed by atoms with Crippen LogP contribution in [0.15, 0.2) is 121 Å². The van der Waals surface area contributed by atoms with Crippen LogP contribution < -0.4 is 9.80 Å². The summed E-state index contributed by atoms with van der Waals surface area (Å²) in [6, 6.07) is 40.7. The standard InChI is InChI=1S/C36H36N2/c1-26-16-12-14-24-32(26)37-27(2)34-36(29-19-8-4-9-20-29,30-21-10-5-11-22-30)31-23-13-15-25-33(31)38(34)35(37)28-17-6-3-7-18-28/h3-4,6-9,12-20,23-25,30,35H,5,10-11,21-22H2,1-2H3. The van der Waals surface area contributed by atoms with Crippen LogP contribution in [0.4, 0.5) is 11.4 Å². The minimum atomic E-state index is -0.160. The summed E-state index contributed by atoms with van der Waals surface area (Å²) in [4.78, 5) is 5.32. The van der Waals surface area contributed by atoms with Crippen LogP contribution in [0.25, 0.3) is 0 Å². The summed E-state index contributed by atoms with van der Waals surface area (Å²) in [5.41, 5.74) is 10.9. The fourth-order valence-electron chi connectivity index (χ4n) is 7.83. The van der Waals surface area contributed by atoms with Crippen LogP contribution >= 0.6 is 0 Å². The summed E-state index contributed by atoms with van der Waals surface area (Å²) in [7, 11) is 0. The molecule has 7 rings (SSSR count). The van der Waals surface area contributed by atoms with Gasteiger partial charge in [0.05, 0.1) is 11.1 Å². The molecular formula is C36H36N2. The van der Waals surface area contributed by atoms with Gasteiger partial charge in [0.25, 0.3) is 0 Å². The molecule has 0 bridgehead atoms. The van der Waals surface area contributed by atoms with Crippen LogP contribution in [0.2, 0.25) is 0 Å². The van der Waals surface area contributed by atoms with Crippen molar-refractivity contribution in [2.24, 2.45) is 5.92 Å². The number of anilines is 2. The normalized spacial score (nSPS) is 23.1. The van der Waals surface area contributed by atoms with Gasteiger partial charge in [0.1, 0.15) is 6.17 Å². The fraction of sp³-hybridized carbons (Fsp3) is 0.278. The van der Waals surface area contributed by atoms with E-state index >= 15 is 0 Å². The van der Waals surface area contributed by atoms with E-state index in [4.69, 9.17) is 0 Å². The average Bonchev–Trinajstić information content (AvgIpc) is 3.45. The zero-order chi connectivity index (χ0) is 25.7. The van der Waals surface area contributed by atoms with Gasteiger partial charge in [-0.1, -0.05) is 116 Å². The second-order valence-corrected chi connectivity index (χ2v) is 11.3. The maximum Gasteiger partial charge on any atom is 0.136 e. The van der Waals surface area contributed by atoms with E-state index < -0.39 is 0 Å². The van der Waals surface area contributed by atoms with Crippen molar-refractivity contribution >= 4 is 11.4 Å². The lowest BCUT2D eigenvalue weighted by molar-refractivity contribution is 0.271. The van der Waals surface area contributed by atoms with Crippen LogP contribution in [0.1, 0.15) is 67.4 Å². The Hall–Kier alpha value is -3.78. The van der Waals surface area contributed by atoms with E-state index in [0.717, 1.165) is 0 Å². The van der Waals surface area contributed by atoms with Crippen molar-refractivity contribution in [2.75, 3.05) is 9.80 Å². The van der Waals surface area contributed by atoms with E-state index in [1.165, 1.54) is 77.1 Å². The van der Waals surface area contributed by atoms with Crippen molar-refractivity contribution in [3.8, 4) is 0 Å². The molecule has 4 aromatic rings. The second kappa shape index (κ2) is 9.20. The van der Waals surface area contributed by atoms with E-state index in [9.17, 15) is 0 Å². The third kappa shape index (κ3) is 3.26. The van der Waals surface area contributed by atoms with Crippen molar-refractivity contribution in [2.45, 2.75) is 57.5 Å². The Morgan fingerprint density at radius 1 is 0.605 bits per heavy atom. The van der Waals surface area contributed by atoms with E-state index in [-0.39, 0.29) is 11.6 Å². The summed E-state index contributed by atoms with van der Waals surface area (Å²) in [6.45, 7) is 4.63. The average molecular weight is 497 g/mol. The van der Waals surface area contributed by atoms with Gasteiger partial charge in [-0.2, -0.15) is 0 Å². The minimum absolute atomic E-state index is 0.0719. The van der Waals surface area contributed by atoms with Crippen LogP contribution in [0.5, 0.6) is 0 Å². The van der Waals surface area contributed by atoms with Crippen molar-refractivity contribution in [1.82, 2.24) is 0 Å². The van der Waals surface area contributed by atoms with Gasteiger partial charge in [-0.15, -0.1) is 0 Å². The molecule has 38 heavy (non-hydrogen) atoms. The number of aryl methyl sites for hydroxylation is 1. The highest BCUT2D eigenvalue weighted by Crippen LogP contribution is 2.64. The highest BCUT2D eigenvalue weighted by atomic mass is 15.4. The van der Waals surface area contributed by atoms with E-state index in [0.29, 0.717) is 5.92 Å². The van der Waals surface area contributed by atoms with Gasteiger partial charge >= 0.3 is 0 Å². The lowest BCUT2D eigenvalue weighted by atomic mass is 9.60. The molecule has 0 saturated heterocycles. The molecule has 2 nitrogen and oxygen atoms in total. The molecule has 1 aliphatic carbocycles. The molecule has 0 spiro atoms. The quantitative estimate of drug-likeness (QED) is 0.278. The monoisotopic (exact) mass is 496 g/mol. The van der Waals surface area contributed by atoms with Gasteiger partial charge in [-0.05, 0) is 67.0 Å². The van der Waals surface area contributed by atoms with Crippen molar-refractivity contribution in [3.63, 3.8) is 0 Å². The van der Waals surface area contributed by atoms with Crippen LogP contribution in [0.3, 0.4) is 0 Å². The lowest BCUT2D eigenvalue weighted by Gasteiger charge is -2.42. The minimum Gasteiger partial charge on any atom is -0.318 e. The third-order valence-corrected chi connectivity index (χ3v) is 9.32. The van der Waals surface area contributed by atoms with Crippen LogP contribution in [0, 0.1) is 12.8 Å². The maximum atomic E-state index is 2.70. The number of fused-ring (bicyclic) bond motifs is 3. The molecule has 190 valence electrons. The number of hydrogen-bond acceptors (Lipinski definition) is 2. The molecule has 3 aliphatic rings. The highest BCUT2D eigenvalue weighted by Gasteiger charge is 2.59. The summed E-state index contributed by atoms with van der Waals surface area (Å²) in [5, 5.41) is 0. The van der Waals surface area contributed by atoms with E-state index in [1.807, 2.05) is 0 Å². The third-order valence-electron chi connectivity index (χ3n) is 9.32. The summed E-state index contributed by atoms with van der Waals surface area (Å²) in [5.74, 6) is 0.572. The molecular weight excluding hydrogens is 460 g/mol. The molecule has 4 aromatic carbocycles. The van der Waals surface area contributed by atoms with Crippen LogP contribution in [-0.4, -0.2) is 0 Å². The van der Waals surface area contributed by atoms with Gasteiger partial charge in [0, 0.05) is 17.1 Å². The Balaban J connectivity index is 1.57. The molecule has 2 aliphatic heterocycles. The predicted octanol–water partition coefficient (Wildman–Crippen LogP) is 9.13. The summed E-state index contributed by atoms with van der Waals surface area (Å²) < 4.78 is 0. The van der Waals surface area contributed by atoms with Crippen molar-refractivity contribution in [1.29, 1.82) is 0 Å². The smallest absolute Gasteiger partial charge is 0.136 e. The topological polar surface area (TPSA) is 6.48 Å². The SMILES string of the molecule is CC1=C2N(c3ccccc3C2(c2ccccc2)C2CCCCC2)C(c2ccccc2)N1c1ccccc1C. The Kier molecular flexibility index (Phi) is 5.65. The molecule has 2 atom stereocenters. The number of allylic oxidation sites excluding steroid dienone is 2. The molecule has 0 amide bonds. The first-order valence-corrected chi connectivity index (χ1v) is 14.3. The Labute approximate surface area is 227 Å². The molecule has 0 N–H and O–H groups in total. The molecule has 1 fully saturated rings. The Bertz CT molecular complexity index is 1480. The van der Waals surface area contributed by atoms with Crippen molar-refractivity contribution < 1.29 is 0 Å². The molecule has 2 heterocycles. The highest BCUT2D eigenvalue weighted by molar-refractivity contribution is 5.82. The zero-order valence-corrected chi connectivity index (χ0v) is 22.5. The van der Waals surface area contributed by atoms with Gasteiger partial charge in [0.2, 0.25) is 0 Å². The Morgan fingerprint density at radius 3 is 1.92 bits per heavy atom. The Morgan fingerprint density at radius 2 is 1.21 bits per heavy atom. The first-order valence-electron chi connectivity index (χ1n) is 14.3. The first kappa shape index (κ1) is 23.3. The number of hydrogen-bond donors (Lipinski definition) is 0. The van der Waals surface area contributed by atoms with Gasteiger partial charge in [-0.25, -0.2) is 0 Å². The largest absolute Gasteiger partial charge is 0.318 e. The molecule has 2 unspecified atom stereocenters. The molecule has 2 heteroatoms. The lowest BCUT2D eigenvalue weighted by Crippen LogP contribution is -2.40. The van der Waals surface area contributed by atoms with E-state index in [1.54, 1.807) is 0 Å². The molecule has 1 saturated carbocycles. The maximum absolute atomic E-state index is 2.70. The number of nitrogens with zero attached hydrogens (tertiary/aromatic N) is 2. The number of benzene rings is 4. The molecule has 0 aromatic heterocycles. The van der Waals surface area contributed by atoms with Crippen molar-refractivity contribution in [3.05, 3.63) is 143 Å². The van der Waals surface area contributed by atoms with Gasteiger partial charge in [0.15, 0.2) is 0 Å². The van der Waals surface area contributed by atoms with Gasteiger partial charge < -0.3 is 9.80 Å². The van der Waals surface area contributed by atoms with Crippen LogP contribution in [-0.2, 0) is 5.41 Å². The first-order chi connectivity index (χ1) is 18.7. The fourth-order valence-corrected chi connectivity index (χ4v) is 7.83. The number of rotatable bonds is 4. The molecule has 0 radical (unpaired) electrons. The van der Waals surface area contributed by atoms with E-state index in [2.05, 4.69) is 133 Å². The zero-order valence-electron chi connectivity index (χ0n) is 22.5. The summed E-state index contributed by atoms with van der Waals surface area (Å²) in [6.07, 6.45) is 6.60.